The van der Waals surface area contributed by atoms with Gasteiger partial charge in [0.15, 0.2) is 0 Å². The molecule has 0 amide bonds. The second-order valence-electron chi connectivity index (χ2n) is 5.13. The minimum Gasteiger partial charge on any atom is -0.259 e. The van der Waals surface area contributed by atoms with Crippen LogP contribution >= 0.6 is 6.89 Å². The fourth-order valence-corrected chi connectivity index (χ4v) is 6.28. The van der Waals surface area contributed by atoms with Crippen molar-refractivity contribution in [1.29, 1.82) is 0 Å². The molecule has 0 saturated heterocycles. The Hall–Kier alpha value is -2.64. The first-order chi connectivity index (χ1) is 11.2. The van der Waals surface area contributed by atoms with Gasteiger partial charge in [-0.05, 0) is 15.9 Å². The lowest BCUT2D eigenvalue weighted by Gasteiger charge is -2.25. The van der Waals surface area contributed by atoms with Gasteiger partial charge in [0.1, 0.15) is 0 Å². The summed E-state index contributed by atoms with van der Waals surface area (Å²) in [7, 11) is 0. The molecule has 0 fully saturated rings. The highest BCUT2D eigenvalue weighted by atomic mass is 31.2. The summed E-state index contributed by atoms with van der Waals surface area (Å²) < 4.78 is 0. The summed E-state index contributed by atoms with van der Waals surface area (Å²) in [6.45, 7) is -2.43. The van der Waals surface area contributed by atoms with Crippen molar-refractivity contribution >= 4 is 28.7 Å². The van der Waals surface area contributed by atoms with Crippen molar-refractivity contribution in [2.24, 2.45) is 0 Å². The van der Waals surface area contributed by atoms with E-state index in [-0.39, 0.29) is 4.92 Å². The molecule has 3 nitrogen and oxygen atoms in total. The summed E-state index contributed by atoms with van der Waals surface area (Å²) >= 11 is 0. The summed E-state index contributed by atoms with van der Waals surface area (Å²) in [5.74, 6) is 1.30. The SMILES string of the molecule is O=[N+]([O-])C=P(c1ccccc1)(c1ccccc1)c1ccccc1. The average molecular weight is 321 g/mol. The lowest BCUT2D eigenvalue weighted by molar-refractivity contribution is -0.334. The third-order valence-corrected chi connectivity index (χ3v) is 7.63. The monoisotopic (exact) mass is 321 g/mol. The molecule has 0 bridgehead atoms. The van der Waals surface area contributed by atoms with Crippen LogP contribution < -0.4 is 15.9 Å². The highest BCUT2D eigenvalue weighted by Gasteiger charge is 2.28. The molecule has 0 aromatic heterocycles. The molecule has 0 unspecified atom stereocenters. The molecule has 0 aliphatic rings. The topological polar surface area (TPSA) is 43.1 Å². The van der Waals surface area contributed by atoms with Crippen molar-refractivity contribution in [1.82, 2.24) is 0 Å². The third kappa shape index (κ3) is 2.96. The largest absolute Gasteiger partial charge is 0.259 e. The molecule has 0 spiro atoms. The Morgan fingerprint density at radius 2 is 0.957 bits per heavy atom. The maximum Gasteiger partial charge on any atom is 0.239 e. The molecule has 0 aliphatic heterocycles. The number of nitro groups is 1. The Bertz CT molecular complexity index is 743. The molecule has 114 valence electrons. The minimum atomic E-state index is -2.43. The highest BCUT2D eigenvalue weighted by Crippen LogP contribution is 2.43. The number of hydrogen-bond donors (Lipinski definition) is 0. The number of hydrogen-bond acceptors (Lipinski definition) is 2. The van der Waals surface area contributed by atoms with Crippen molar-refractivity contribution < 1.29 is 4.92 Å². The van der Waals surface area contributed by atoms with E-state index in [1.165, 1.54) is 5.92 Å². The maximum atomic E-state index is 11.5. The van der Waals surface area contributed by atoms with Gasteiger partial charge in [0.05, 0.1) is 4.92 Å². The van der Waals surface area contributed by atoms with Gasteiger partial charge in [-0.2, -0.15) is 0 Å². The molecule has 23 heavy (non-hydrogen) atoms. The first kappa shape index (κ1) is 15.3. The summed E-state index contributed by atoms with van der Waals surface area (Å²) in [6, 6.07) is 29.3. The normalized spacial score (nSPS) is 11.0. The van der Waals surface area contributed by atoms with Crippen LogP contribution in [0.1, 0.15) is 0 Å². The average Bonchev–Trinajstić information content (AvgIpc) is 2.62. The van der Waals surface area contributed by atoms with Crippen molar-refractivity contribution in [2.75, 3.05) is 0 Å². The molecule has 0 N–H and O–H groups in total. The van der Waals surface area contributed by atoms with Gasteiger partial charge in [-0.25, -0.2) is 0 Å². The summed E-state index contributed by atoms with van der Waals surface area (Å²) in [4.78, 5) is 11.2. The second-order valence-corrected chi connectivity index (χ2v) is 8.36. The molecule has 0 atom stereocenters. The first-order valence-corrected chi connectivity index (χ1v) is 9.14. The van der Waals surface area contributed by atoms with Crippen molar-refractivity contribution in [2.45, 2.75) is 0 Å². The zero-order chi connectivity index (χ0) is 16.1. The number of benzene rings is 3. The van der Waals surface area contributed by atoms with Crippen molar-refractivity contribution in [3.8, 4) is 0 Å². The third-order valence-electron chi connectivity index (χ3n) is 3.76. The van der Waals surface area contributed by atoms with E-state index in [1.807, 2.05) is 91.0 Å². The molecule has 0 saturated carbocycles. The molecular weight excluding hydrogens is 305 g/mol. The molecule has 0 aliphatic carbocycles. The Labute approximate surface area is 135 Å². The Morgan fingerprint density at radius 3 is 1.22 bits per heavy atom. The molecule has 4 heteroatoms. The fraction of sp³-hybridized carbons (Fsp3) is 0. The van der Waals surface area contributed by atoms with Crippen LogP contribution in [0, 0.1) is 10.1 Å². The van der Waals surface area contributed by atoms with Gasteiger partial charge in [-0.15, -0.1) is 0 Å². The van der Waals surface area contributed by atoms with E-state index in [4.69, 9.17) is 0 Å². The standard InChI is InChI=1S/C19H16NO2P/c21-20(22)16-23(17-10-4-1-5-11-17,18-12-6-2-7-13-18)19-14-8-3-9-15-19/h1-16H. The van der Waals surface area contributed by atoms with Gasteiger partial charge < -0.3 is 0 Å². The molecule has 0 radical (unpaired) electrons. The highest BCUT2D eigenvalue weighted by molar-refractivity contribution is 7.94. The van der Waals surface area contributed by atoms with Gasteiger partial charge in [0.25, 0.3) is 0 Å². The summed E-state index contributed by atoms with van der Waals surface area (Å²) in [5, 5.41) is 14.5. The van der Waals surface area contributed by atoms with E-state index in [2.05, 4.69) is 0 Å². The quantitative estimate of drug-likeness (QED) is 0.421. The van der Waals surface area contributed by atoms with E-state index in [1.54, 1.807) is 0 Å². The van der Waals surface area contributed by atoms with Crippen LogP contribution in [0.2, 0.25) is 0 Å². The molecular formula is C19H16NO2P. The van der Waals surface area contributed by atoms with Gasteiger partial charge in [0.2, 0.25) is 5.92 Å². The van der Waals surface area contributed by atoms with Crippen molar-refractivity contribution in [3.63, 3.8) is 0 Å². The van der Waals surface area contributed by atoms with E-state index in [9.17, 15) is 10.1 Å². The van der Waals surface area contributed by atoms with Gasteiger partial charge in [-0.1, -0.05) is 91.0 Å². The van der Waals surface area contributed by atoms with E-state index < -0.39 is 6.89 Å². The van der Waals surface area contributed by atoms with E-state index in [0.717, 1.165) is 15.9 Å². The smallest absolute Gasteiger partial charge is 0.239 e. The van der Waals surface area contributed by atoms with E-state index >= 15 is 0 Å². The number of rotatable bonds is 4. The van der Waals surface area contributed by atoms with Crippen LogP contribution in [0.5, 0.6) is 0 Å². The Kier molecular flexibility index (Phi) is 4.40. The lowest BCUT2D eigenvalue weighted by atomic mass is 10.4. The minimum absolute atomic E-state index is 0.305. The van der Waals surface area contributed by atoms with Crippen LogP contribution in [0.4, 0.5) is 0 Å². The molecule has 3 rings (SSSR count). The number of nitrogens with zero attached hydrogens (tertiary/aromatic N) is 1. The Balaban J connectivity index is 2.43. The summed E-state index contributed by atoms with van der Waals surface area (Å²) in [5.41, 5.74) is 0. The molecule has 3 aromatic carbocycles. The fourth-order valence-electron chi connectivity index (χ4n) is 2.78. The predicted molar refractivity (Wildman–Crippen MR) is 98.2 cm³/mol. The first-order valence-electron chi connectivity index (χ1n) is 7.28. The molecule has 0 heterocycles. The zero-order valence-electron chi connectivity index (χ0n) is 12.4. The maximum absolute atomic E-state index is 11.5. The zero-order valence-corrected chi connectivity index (χ0v) is 13.3. The van der Waals surface area contributed by atoms with Crippen LogP contribution in [0.3, 0.4) is 0 Å². The second kappa shape index (κ2) is 6.64. The lowest BCUT2D eigenvalue weighted by Crippen LogP contribution is -2.28. The molecule has 3 aromatic rings. The van der Waals surface area contributed by atoms with Crippen LogP contribution in [-0.4, -0.2) is 10.8 Å². The van der Waals surface area contributed by atoms with E-state index in [0.29, 0.717) is 0 Å². The van der Waals surface area contributed by atoms with Crippen LogP contribution in [0.25, 0.3) is 0 Å². The van der Waals surface area contributed by atoms with Gasteiger partial charge in [0, 0.05) is 6.89 Å². The van der Waals surface area contributed by atoms with Gasteiger partial charge in [-0.3, -0.25) is 10.1 Å². The van der Waals surface area contributed by atoms with Crippen LogP contribution in [-0.2, 0) is 0 Å². The van der Waals surface area contributed by atoms with Crippen LogP contribution in [0.15, 0.2) is 91.0 Å². The van der Waals surface area contributed by atoms with Crippen molar-refractivity contribution in [3.05, 3.63) is 101 Å². The Morgan fingerprint density at radius 1 is 0.652 bits per heavy atom. The summed E-state index contributed by atoms with van der Waals surface area (Å²) in [6.07, 6.45) is 0. The predicted octanol–water partition coefficient (Wildman–Crippen LogP) is 3.02. The van der Waals surface area contributed by atoms with Gasteiger partial charge >= 0.3 is 0 Å².